The third kappa shape index (κ3) is 4.67. The number of nitrogens with zero attached hydrogens (tertiary/aromatic N) is 4. The van der Waals surface area contributed by atoms with Crippen LogP contribution in [-0.4, -0.2) is 45.0 Å². The number of nitrogens with one attached hydrogen (secondary N) is 1. The van der Waals surface area contributed by atoms with Crippen LogP contribution in [-0.2, 0) is 6.42 Å². The molecule has 1 amide bonds. The molecule has 7 nitrogen and oxygen atoms in total. The van der Waals surface area contributed by atoms with E-state index in [0.29, 0.717) is 11.9 Å². The number of piperidine rings is 1. The summed E-state index contributed by atoms with van der Waals surface area (Å²) in [6, 6.07) is 11.9. The van der Waals surface area contributed by atoms with Gasteiger partial charge < -0.3 is 15.0 Å². The Kier molecular flexibility index (Phi) is 5.70. The van der Waals surface area contributed by atoms with Crippen molar-refractivity contribution in [2.24, 2.45) is 0 Å². The van der Waals surface area contributed by atoms with Gasteiger partial charge >= 0.3 is 0 Å². The Balaban J connectivity index is 1.19. The van der Waals surface area contributed by atoms with Gasteiger partial charge in [-0.05, 0) is 75.6 Å². The number of carbonyl (C=O) groups is 1. The zero-order valence-electron chi connectivity index (χ0n) is 19.3. The van der Waals surface area contributed by atoms with E-state index in [9.17, 15) is 4.79 Å². The Hall–Kier alpha value is -3.48. The maximum atomic E-state index is 13.0. The van der Waals surface area contributed by atoms with Crippen molar-refractivity contribution in [1.82, 2.24) is 19.9 Å². The topological polar surface area (TPSA) is 80.2 Å². The molecular weight excluding hydrogens is 414 g/mol. The van der Waals surface area contributed by atoms with Gasteiger partial charge in [0.1, 0.15) is 11.9 Å². The van der Waals surface area contributed by atoms with E-state index in [1.807, 2.05) is 55.3 Å². The van der Waals surface area contributed by atoms with Gasteiger partial charge in [0.2, 0.25) is 5.95 Å². The van der Waals surface area contributed by atoms with Crippen molar-refractivity contribution in [3.63, 3.8) is 0 Å². The molecule has 0 spiro atoms. The summed E-state index contributed by atoms with van der Waals surface area (Å²) in [7, 11) is 0. The second-order valence-corrected chi connectivity index (χ2v) is 9.09. The van der Waals surface area contributed by atoms with Crippen LogP contribution in [0.15, 0.2) is 42.6 Å². The number of hydrogen-bond donors (Lipinski definition) is 1. The molecule has 3 aromatic rings. The van der Waals surface area contributed by atoms with E-state index in [1.54, 1.807) is 0 Å². The predicted octanol–water partition coefficient (Wildman–Crippen LogP) is 4.58. The Labute approximate surface area is 194 Å². The van der Waals surface area contributed by atoms with Gasteiger partial charge in [0, 0.05) is 48.1 Å². The van der Waals surface area contributed by atoms with E-state index in [4.69, 9.17) is 4.74 Å². The van der Waals surface area contributed by atoms with Crippen LogP contribution in [0, 0.1) is 13.8 Å². The molecular formula is C26H29N5O2. The molecule has 1 N–H and O–H groups in total. The van der Waals surface area contributed by atoms with Gasteiger partial charge in [-0.3, -0.25) is 9.78 Å². The van der Waals surface area contributed by atoms with E-state index in [1.165, 1.54) is 0 Å². The average Bonchev–Trinajstić information content (AvgIpc) is 3.18. The molecule has 1 saturated heterocycles. The summed E-state index contributed by atoms with van der Waals surface area (Å²) in [5.74, 6) is 1.96. The van der Waals surface area contributed by atoms with Gasteiger partial charge in [0.05, 0.1) is 11.9 Å². The number of anilines is 2. The minimum atomic E-state index is 0.108. The standard InChI is InChI=1S/C26H29N5O2/c1-16-12-17(2)29-26(28-16)30-22-5-6-23(27-15-22)19-8-10-31(11-9-19)25(32)20-4-7-24-21(14-20)13-18(3)33-24/h4-7,12,14-15,18-19H,8-11,13H2,1-3H3,(H,28,29,30)/t18-/m0/s1. The first-order valence-corrected chi connectivity index (χ1v) is 11.6. The molecule has 2 aliphatic rings. The zero-order valence-corrected chi connectivity index (χ0v) is 19.3. The molecule has 0 saturated carbocycles. The second kappa shape index (κ2) is 8.81. The Bertz CT molecular complexity index is 1150. The lowest BCUT2D eigenvalue weighted by Crippen LogP contribution is -2.38. The minimum Gasteiger partial charge on any atom is -0.490 e. The Morgan fingerprint density at radius 1 is 1.06 bits per heavy atom. The Morgan fingerprint density at radius 2 is 1.82 bits per heavy atom. The van der Waals surface area contributed by atoms with E-state index in [-0.39, 0.29) is 12.0 Å². The third-order valence-electron chi connectivity index (χ3n) is 6.37. The van der Waals surface area contributed by atoms with Crippen LogP contribution >= 0.6 is 0 Å². The van der Waals surface area contributed by atoms with Gasteiger partial charge in [0.15, 0.2) is 0 Å². The number of benzene rings is 1. The SMILES string of the molecule is Cc1cc(C)nc(Nc2ccc(C3CCN(C(=O)c4ccc5c(c4)C[C@H](C)O5)CC3)nc2)n1. The Morgan fingerprint density at radius 3 is 2.52 bits per heavy atom. The molecule has 5 rings (SSSR count). The highest BCUT2D eigenvalue weighted by molar-refractivity contribution is 5.94. The number of aromatic nitrogens is 3. The van der Waals surface area contributed by atoms with Crippen LogP contribution in [0.2, 0.25) is 0 Å². The smallest absolute Gasteiger partial charge is 0.253 e. The van der Waals surface area contributed by atoms with Crippen molar-refractivity contribution in [3.8, 4) is 5.75 Å². The maximum absolute atomic E-state index is 13.0. The lowest BCUT2D eigenvalue weighted by molar-refractivity contribution is 0.0712. The molecule has 2 aromatic heterocycles. The van der Waals surface area contributed by atoms with Gasteiger partial charge in [-0.1, -0.05) is 0 Å². The number of hydrogen-bond acceptors (Lipinski definition) is 6. The van der Waals surface area contributed by atoms with E-state index < -0.39 is 0 Å². The molecule has 0 unspecified atom stereocenters. The predicted molar refractivity (Wildman–Crippen MR) is 127 cm³/mol. The number of fused-ring (bicyclic) bond motifs is 1. The molecule has 0 aliphatic carbocycles. The minimum absolute atomic E-state index is 0.108. The monoisotopic (exact) mass is 443 g/mol. The quantitative estimate of drug-likeness (QED) is 0.636. The van der Waals surface area contributed by atoms with Crippen LogP contribution in [0.5, 0.6) is 5.75 Å². The summed E-state index contributed by atoms with van der Waals surface area (Å²) in [4.78, 5) is 28.5. The number of amides is 1. The maximum Gasteiger partial charge on any atom is 0.253 e. The molecule has 4 heterocycles. The third-order valence-corrected chi connectivity index (χ3v) is 6.37. The summed E-state index contributed by atoms with van der Waals surface area (Å²) in [5.41, 5.74) is 5.68. The molecule has 33 heavy (non-hydrogen) atoms. The molecule has 0 radical (unpaired) electrons. The molecule has 1 atom stereocenters. The summed E-state index contributed by atoms with van der Waals surface area (Å²) in [5, 5.41) is 3.23. The van der Waals surface area contributed by atoms with Crippen LogP contribution < -0.4 is 10.1 Å². The number of likely N-dealkylation sites (tertiary alicyclic amines) is 1. The normalized spacial score (nSPS) is 18.0. The average molecular weight is 444 g/mol. The van der Waals surface area contributed by atoms with Crippen LogP contribution in [0.25, 0.3) is 0 Å². The largest absolute Gasteiger partial charge is 0.490 e. The van der Waals surface area contributed by atoms with Crippen LogP contribution in [0.3, 0.4) is 0 Å². The van der Waals surface area contributed by atoms with Crippen molar-refractivity contribution in [3.05, 3.63) is 70.8 Å². The number of carbonyl (C=O) groups excluding carboxylic acids is 1. The zero-order chi connectivity index (χ0) is 22.9. The van der Waals surface area contributed by atoms with Gasteiger partial charge in [-0.25, -0.2) is 9.97 Å². The molecule has 0 bridgehead atoms. The number of aryl methyl sites for hydroxylation is 2. The highest BCUT2D eigenvalue weighted by Crippen LogP contribution is 2.31. The van der Waals surface area contributed by atoms with Crippen molar-refractivity contribution >= 4 is 17.5 Å². The fraction of sp³-hybridized carbons (Fsp3) is 0.385. The summed E-state index contributed by atoms with van der Waals surface area (Å²) in [6.07, 6.45) is 4.71. The summed E-state index contributed by atoms with van der Waals surface area (Å²) < 4.78 is 5.76. The van der Waals surface area contributed by atoms with Crippen molar-refractivity contribution < 1.29 is 9.53 Å². The van der Waals surface area contributed by atoms with Crippen LogP contribution in [0.4, 0.5) is 11.6 Å². The van der Waals surface area contributed by atoms with Gasteiger partial charge in [0.25, 0.3) is 5.91 Å². The number of ether oxygens (including phenoxy) is 1. The lowest BCUT2D eigenvalue weighted by atomic mass is 9.92. The van der Waals surface area contributed by atoms with Gasteiger partial charge in [-0.2, -0.15) is 0 Å². The molecule has 7 heteroatoms. The summed E-state index contributed by atoms with van der Waals surface area (Å²) in [6.45, 7) is 7.45. The van der Waals surface area contributed by atoms with Crippen molar-refractivity contribution in [2.45, 2.75) is 52.1 Å². The van der Waals surface area contributed by atoms with Crippen molar-refractivity contribution in [1.29, 1.82) is 0 Å². The highest BCUT2D eigenvalue weighted by atomic mass is 16.5. The fourth-order valence-electron chi connectivity index (χ4n) is 4.75. The number of rotatable bonds is 4. The first-order valence-electron chi connectivity index (χ1n) is 11.6. The van der Waals surface area contributed by atoms with Crippen LogP contribution in [0.1, 0.15) is 58.7 Å². The second-order valence-electron chi connectivity index (χ2n) is 9.09. The van der Waals surface area contributed by atoms with E-state index in [0.717, 1.165) is 72.0 Å². The number of pyridine rings is 1. The van der Waals surface area contributed by atoms with E-state index in [2.05, 4.69) is 33.3 Å². The highest BCUT2D eigenvalue weighted by Gasteiger charge is 2.27. The lowest BCUT2D eigenvalue weighted by Gasteiger charge is -2.32. The molecule has 1 aromatic carbocycles. The van der Waals surface area contributed by atoms with Gasteiger partial charge in [-0.15, -0.1) is 0 Å². The fourth-order valence-corrected chi connectivity index (χ4v) is 4.75. The first kappa shape index (κ1) is 21.4. The first-order chi connectivity index (χ1) is 15.9. The van der Waals surface area contributed by atoms with E-state index >= 15 is 0 Å². The molecule has 2 aliphatic heterocycles. The molecule has 170 valence electrons. The summed E-state index contributed by atoms with van der Waals surface area (Å²) >= 11 is 0. The van der Waals surface area contributed by atoms with Crippen molar-refractivity contribution in [2.75, 3.05) is 18.4 Å². The molecule has 1 fully saturated rings.